The summed E-state index contributed by atoms with van der Waals surface area (Å²) >= 11 is 0. The Kier molecular flexibility index (Phi) is 6.47. The van der Waals surface area contributed by atoms with E-state index in [0.29, 0.717) is 13.2 Å². The van der Waals surface area contributed by atoms with E-state index in [2.05, 4.69) is 5.32 Å². The van der Waals surface area contributed by atoms with Crippen LogP contribution in [-0.2, 0) is 14.6 Å². The number of nitrogens with one attached hydrogen (secondary N) is 1. The summed E-state index contributed by atoms with van der Waals surface area (Å²) in [4.78, 5) is 11.6. The van der Waals surface area contributed by atoms with Crippen molar-refractivity contribution < 1.29 is 17.9 Å². The van der Waals surface area contributed by atoms with Crippen molar-refractivity contribution in [1.82, 2.24) is 5.32 Å². The van der Waals surface area contributed by atoms with Crippen molar-refractivity contribution >= 4 is 15.7 Å². The highest BCUT2D eigenvalue weighted by atomic mass is 32.2. The molecule has 0 heterocycles. The lowest BCUT2D eigenvalue weighted by molar-refractivity contribution is -0.122. The Hall–Kier alpha value is -1.60. The maximum Gasteiger partial charge on any atom is 0.237 e. The molecule has 1 aromatic rings. The van der Waals surface area contributed by atoms with Gasteiger partial charge >= 0.3 is 0 Å². The number of amides is 1. The Morgan fingerprint density at radius 1 is 1.35 bits per heavy atom. The van der Waals surface area contributed by atoms with Crippen LogP contribution in [0.15, 0.2) is 30.3 Å². The summed E-state index contributed by atoms with van der Waals surface area (Å²) in [5.74, 6) is 0.260. The molecule has 0 bridgehead atoms. The largest absolute Gasteiger partial charge is 0.492 e. The molecule has 1 amide bonds. The molecule has 0 fully saturated rings. The number of para-hydroxylation sites is 1. The van der Waals surface area contributed by atoms with E-state index < -0.39 is 15.9 Å². The number of carbonyl (C=O) groups excluding carboxylic acids is 1. The van der Waals surface area contributed by atoms with Crippen molar-refractivity contribution in [3.05, 3.63) is 30.3 Å². The topological polar surface area (TPSA) is 98.5 Å². The van der Waals surface area contributed by atoms with Gasteiger partial charge in [-0.05, 0) is 18.6 Å². The zero-order valence-electron chi connectivity index (χ0n) is 11.4. The maximum absolute atomic E-state index is 11.6. The Bertz CT molecular complexity index is 516. The van der Waals surface area contributed by atoms with E-state index in [-0.39, 0.29) is 18.1 Å². The van der Waals surface area contributed by atoms with Crippen molar-refractivity contribution in [3.8, 4) is 5.75 Å². The minimum Gasteiger partial charge on any atom is -0.492 e. The molecule has 0 aliphatic carbocycles. The van der Waals surface area contributed by atoms with Crippen molar-refractivity contribution in [2.45, 2.75) is 12.5 Å². The van der Waals surface area contributed by atoms with Gasteiger partial charge in [0.25, 0.3) is 0 Å². The van der Waals surface area contributed by atoms with Crippen LogP contribution in [0.3, 0.4) is 0 Å². The third kappa shape index (κ3) is 7.10. The number of benzene rings is 1. The Morgan fingerprint density at radius 2 is 2.00 bits per heavy atom. The van der Waals surface area contributed by atoms with Gasteiger partial charge in [0.2, 0.25) is 5.91 Å². The van der Waals surface area contributed by atoms with Crippen LogP contribution in [0.5, 0.6) is 5.75 Å². The normalized spacial score (nSPS) is 12.7. The van der Waals surface area contributed by atoms with Gasteiger partial charge in [0.1, 0.15) is 22.2 Å². The van der Waals surface area contributed by atoms with Crippen molar-refractivity contribution in [2.24, 2.45) is 5.73 Å². The van der Waals surface area contributed by atoms with Crippen molar-refractivity contribution in [3.63, 3.8) is 0 Å². The average Bonchev–Trinajstić information content (AvgIpc) is 2.41. The highest BCUT2D eigenvalue weighted by molar-refractivity contribution is 7.90. The highest BCUT2D eigenvalue weighted by Crippen LogP contribution is 2.07. The Morgan fingerprint density at radius 3 is 2.60 bits per heavy atom. The lowest BCUT2D eigenvalue weighted by Crippen LogP contribution is -2.42. The molecule has 6 nitrogen and oxygen atoms in total. The van der Waals surface area contributed by atoms with E-state index in [1.165, 1.54) is 0 Å². The number of nitrogens with two attached hydrogens (primary N) is 1. The molecule has 1 rings (SSSR count). The van der Waals surface area contributed by atoms with E-state index >= 15 is 0 Å². The van der Waals surface area contributed by atoms with Crippen LogP contribution < -0.4 is 15.8 Å². The zero-order chi connectivity index (χ0) is 15.0. The predicted molar refractivity (Wildman–Crippen MR) is 77.2 cm³/mol. The average molecular weight is 300 g/mol. The minimum atomic E-state index is -3.10. The second-order valence-electron chi connectivity index (χ2n) is 4.48. The van der Waals surface area contributed by atoms with Gasteiger partial charge in [-0.15, -0.1) is 0 Å². The number of hydrogen-bond acceptors (Lipinski definition) is 5. The fraction of sp³-hybridized carbons (Fsp3) is 0.462. The number of ether oxygens (including phenoxy) is 1. The van der Waals surface area contributed by atoms with Gasteiger partial charge in [-0.2, -0.15) is 0 Å². The number of rotatable bonds is 8. The lowest BCUT2D eigenvalue weighted by Gasteiger charge is -2.12. The molecule has 1 unspecified atom stereocenters. The summed E-state index contributed by atoms with van der Waals surface area (Å²) < 4.78 is 27.3. The second-order valence-corrected chi connectivity index (χ2v) is 6.74. The highest BCUT2D eigenvalue weighted by Gasteiger charge is 2.15. The van der Waals surface area contributed by atoms with Crippen LogP contribution in [0.1, 0.15) is 6.42 Å². The van der Waals surface area contributed by atoms with E-state index in [1.807, 2.05) is 30.3 Å². The number of sulfone groups is 1. The molecule has 0 aliphatic rings. The predicted octanol–water partition coefficient (Wildman–Crippen LogP) is -0.0564. The van der Waals surface area contributed by atoms with Gasteiger partial charge in [0.05, 0.1) is 18.3 Å². The maximum atomic E-state index is 11.6. The SMILES string of the molecule is CS(=O)(=O)CCC(N)C(=O)NCCOc1ccccc1. The fourth-order valence-corrected chi connectivity index (χ4v) is 2.15. The molecule has 0 aliphatic heterocycles. The molecule has 1 atom stereocenters. The summed E-state index contributed by atoms with van der Waals surface area (Å²) in [5, 5.41) is 2.61. The van der Waals surface area contributed by atoms with E-state index in [1.54, 1.807) is 0 Å². The molecule has 3 N–H and O–H groups in total. The quantitative estimate of drug-likeness (QED) is 0.656. The summed E-state index contributed by atoms with van der Waals surface area (Å²) in [7, 11) is -3.10. The van der Waals surface area contributed by atoms with Crippen LogP contribution in [0.4, 0.5) is 0 Å². The van der Waals surface area contributed by atoms with Gasteiger partial charge in [-0.1, -0.05) is 18.2 Å². The van der Waals surface area contributed by atoms with Gasteiger partial charge in [-0.3, -0.25) is 4.79 Å². The third-order valence-electron chi connectivity index (χ3n) is 2.55. The van der Waals surface area contributed by atoms with Crippen LogP contribution in [0.25, 0.3) is 0 Å². The molecule has 112 valence electrons. The van der Waals surface area contributed by atoms with Crippen LogP contribution in [0.2, 0.25) is 0 Å². The summed E-state index contributed by atoms with van der Waals surface area (Å²) in [6.07, 6.45) is 1.23. The molecule has 20 heavy (non-hydrogen) atoms. The molecule has 7 heteroatoms. The van der Waals surface area contributed by atoms with Gasteiger partial charge in [0, 0.05) is 6.26 Å². The zero-order valence-corrected chi connectivity index (χ0v) is 12.2. The smallest absolute Gasteiger partial charge is 0.237 e. The first-order valence-corrected chi connectivity index (χ1v) is 8.33. The van der Waals surface area contributed by atoms with Crippen molar-refractivity contribution in [2.75, 3.05) is 25.2 Å². The first-order valence-electron chi connectivity index (χ1n) is 6.27. The van der Waals surface area contributed by atoms with Gasteiger partial charge < -0.3 is 15.8 Å². The van der Waals surface area contributed by atoms with E-state index in [0.717, 1.165) is 12.0 Å². The summed E-state index contributed by atoms with van der Waals surface area (Å²) in [6, 6.07) is 8.42. The first kappa shape index (κ1) is 16.5. The molecule has 0 spiro atoms. The fourth-order valence-electron chi connectivity index (χ4n) is 1.46. The third-order valence-corrected chi connectivity index (χ3v) is 3.53. The standard InChI is InChI=1S/C13H20N2O4S/c1-20(17,18)10-7-12(14)13(16)15-8-9-19-11-5-3-2-4-6-11/h2-6,12H,7-10,14H2,1H3,(H,15,16). The lowest BCUT2D eigenvalue weighted by atomic mass is 10.2. The van der Waals surface area contributed by atoms with Crippen LogP contribution >= 0.6 is 0 Å². The first-order chi connectivity index (χ1) is 9.38. The van der Waals surface area contributed by atoms with Crippen molar-refractivity contribution in [1.29, 1.82) is 0 Å². The minimum absolute atomic E-state index is 0.0951. The molecule has 0 saturated carbocycles. The Labute approximate surface area is 119 Å². The molecule has 0 aromatic heterocycles. The summed E-state index contributed by atoms with van der Waals surface area (Å²) in [5.41, 5.74) is 5.60. The van der Waals surface area contributed by atoms with E-state index in [4.69, 9.17) is 10.5 Å². The number of carbonyl (C=O) groups is 1. The van der Waals surface area contributed by atoms with Gasteiger partial charge in [-0.25, -0.2) is 8.42 Å². The molecular weight excluding hydrogens is 280 g/mol. The van der Waals surface area contributed by atoms with Gasteiger partial charge in [0.15, 0.2) is 0 Å². The van der Waals surface area contributed by atoms with E-state index in [9.17, 15) is 13.2 Å². The Balaban J connectivity index is 2.19. The summed E-state index contributed by atoms with van der Waals surface area (Å²) in [6.45, 7) is 0.648. The monoisotopic (exact) mass is 300 g/mol. The second kappa shape index (κ2) is 7.86. The molecule has 0 radical (unpaired) electrons. The molecular formula is C13H20N2O4S. The van der Waals surface area contributed by atoms with Crippen LogP contribution in [0, 0.1) is 0 Å². The molecule has 1 aromatic carbocycles. The number of hydrogen-bond donors (Lipinski definition) is 2. The van der Waals surface area contributed by atoms with Crippen LogP contribution in [-0.4, -0.2) is 45.5 Å². The molecule has 0 saturated heterocycles.